The van der Waals surface area contributed by atoms with Gasteiger partial charge in [0.1, 0.15) is 5.82 Å². The molecule has 1 aromatic carbocycles. The Morgan fingerprint density at radius 3 is 2.59 bits per heavy atom. The highest BCUT2D eigenvalue weighted by molar-refractivity contribution is 7.81. The fraction of sp³-hybridized carbons (Fsp3) is 0.560. The summed E-state index contributed by atoms with van der Waals surface area (Å²) in [5.41, 5.74) is 1.53. The third kappa shape index (κ3) is 6.06. The minimum Gasteiger partial charge on any atom is -0.481 e. The molecule has 9 heteroatoms. The number of aliphatic carboxylic acids is 1. The van der Waals surface area contributed by atoms with E-state index in [1.807, 2.05) is 4.90 Å². The molecule has 4 rings (SSSR count). The number of hydrogen-bond donors (Lipinski definition) is 2. The molecule has 0 radical (unpaired) electrons. The van der Waals surface area contributed by atoms with Crippen molar-refractivity contribution in [1.82, 2.24) is 14.7 Å². The lowest BCUT2D eigenvalue weighted by molar-refractivity contribution is -0.140. The van der Waals surface area contributed by atoms with Crippen LogP contribution in [-0.2, 0) is 14.4 Å². The van der Waals surface area contributed by atoms with Gasteiger partial charge in [0.05, 0.1) is 19.0 Å². The molecular weight excluding hydrogens is 457 g/mol. The standard InChI is InChI=1S/C25H32FN3O4S/c26-20-4-2-1-3-19(20)24(25(33)17-5-6-17)29-11-8-21(34)18(15-29)7-10-27-13-14-28(22(30)16-27)12-9-23(31)32/h1-4,7,17,21,24,34H,5-6,8-16H2,(H,31,32). The van der Waals surface area contributed by atoms with Gasteiger partial charge in [-0.2, -0.15) is 12.6 Å². The summed E-state index contributed by atoms with van der Waals surface area (Å²) in [6.07, 6.45) is 4.56. The van der Waals surface area contributed by atoms with Crippen molar-refractivity contribution in [3.63, 3.8) is 0 Å². The first-order valence-electron chi connectivity index (χ1n) is 11.9. The van der Waals surface area contributed by atoms with Gasteiger partial charge < -0.3 is 10.0 Å². The highest BCUT2D eigenvalue weighted by Crippen LogP contribution is 2.39. The van der Waals surface area contributed by atoms with Crippen LogP contribution in [0.3, 0.4) is 0 Å². The second-order valence-corrected chi connectivity index (χ2v) is 10.0. The number of carbonyl (C=O) groups excluding carboxylic acids is 2. The van der Waals surface area contributed by atoms with E-state index in [0.717, 1.165) is 24.8 Å². The number of carbonyl (C=O) groups is 3. The number of likely N-dealkylation sites (tertiary alicyclic amines) is 1. The predicted molar refractivity (Wildman–Crippen MR) is 129 cm³/mol. The van der Waals surface area contributed by atoms with Crippen LogP contribution in [0.5, 0.6) is 0 Å². The van der Waals surface area contributed by atoms with Crippen molar-refractivity contribution < 1.29 is 23.9 Å². The summed E-state index contributed by atoms with van der Waals surface area (Å²) in [4.78, 5) is 42.1. The van der Waals surface area contributed by atoms with Crippen LogP contribution in [0.15, 0.2) is 35.9 Å². The molecule has 0 bridgehead atoms. The second-order valence-electron chi connectivity index (χ2n) is 9.41. The monoisotopic (exact) mass is 489 g/mol. The normalized spacial score (nSPS) is 24.4. The third-order valence-corrected chi connectivity index (χ3v) is 7.51. The largest absolute Gasteiger partial charge is 0.481 e. The maximum atomic E-state index is 14.7. The van der Waals surface area contributed by atoms with Crippen LogP contribution in [0.25, 0.3) is 0 Å². The highest BCUT2D eigenvalue weighted by Gasteiger charge is 2.40. The quantitative estimate of drug-likeness (QED) is 0.410. The average Bonchev–Trinajstić information content (AvgIpc) is 3.65. The van der Waals surface area contributed by atoms with Crippen LogP contribution in [0, 0.1) is 11.7 Å². The van der Waals surface area contributed by atoms with E-state index in [1.165, 1.54) is 6.07 Å². The van der Waals surface area contributed by atoms with Gasteiger partial charge in [0.15, 0.2) is 5.78 Å². The summed E-state index contributed by atoms with van der Waals surface area (Å²) >= 11 is 4.75. The average molecular weight is 490 g/mol. The molecule has 1 aliphatic carbocycles. The Bertz CT molecular complexity index is 967. The molecular formula is C25H32FN3O4S. The zero-order valence-corrected chi connectivity index (χ0v) is 20.1. The van der Waals surface area contributed by atoms with E-state index in [9.17, 15) is 18.8 Å². The molecule has 0 spiro atoms. The van der Waals surface area contributed by atoms with Gasteiger partial charge >= 0.3 is 5.97 Å². The summed E-state index contributed by atoms with van der Waals surface area (Å²) in [6, 6.07) is 5.97. The van der Waals surface area contributed by atoms with E-state index in [4.69, 9.17) is 17.7 Å². The summed E-state index contributed by atoms with van der Waals surface area (Å²) in [6.45, 7) is 3.47. The van der Waals surface area contributed by atoms with Crippen LogP contribution in [0.4, 0.5) is 4.39 Å². The number of Topliss-reactive ketones (excluding diaryl/α,β-unsaturated/α-hetero) is 1. The van der Waals surface area contributed by atoms with E-state index >= 15 is 0 Å². The molecule has 1 N–H and O–H groups in total. The van der Waals surface area contributed by atoms with Gasteiger partial charge in [-0.05, 0) is 30.9 Å². The number of ketones is 1. The summed E-state index contributed by atoms with van der Waals surface area (Å²) in [5, 5.41) is 8.90. The lowest BCUT2D eigenvalue weighted by Crippen LogP contribution is -2.50. The first-order chi connectivity index (χ1) is 16.3. The Morgan fingerprint density at radius 2 is 1.91 bits per heavy atom. The van der Waals surface area contributed by atoms with E-state index in [-0.39, 0.29) is 48.2 Å². The lowest BCUT2D eigenvalue weighted by atomic mass is 9.93. The Kier molecular flexibility index (Phi) is 8.06. The Labute approximate surface area is 205 Å². The molecule has 0 aromatic heterocycles. The minimum atomic E-state index is -0.907. The fourth-order valence-corrected chi connectivity index (χ4v) is 5.06. The number of carboxylic acid groups (broad SMARTS) is 1. The number of piperidine rings is 1. The number of carboxylic acids is 1. The molecule has 2 saturated heterocycles. The Morgan fingerprint density at radius 1 is 1.15 bits per heavy atom. The van der Waals surface area contributed by atoms with Crippen LogP contribution in [-0.4, -0.2) is 88.5 Å². The number of thiol groups is 1. The first-order valence-corrected chi connectivity index (χ1v) is 12.5. The van der Waals surface area contributed by atoms with Crippen molar-refractivity contribution in [2.45, 2.75) is 37.0 Å². The zero-order valence-electron chi connectivity index (χ0n) is 19.2. The molecule has 1 amide bonds. The number of benzene rings is 1. The van der Waals surface area contributed by atoms with Gasteiger partial charge in [-0.15, -0.1) is 0 Å². The number of halogens is 1. The fourth-order valence-electron chi connectivity index (χ4n) is 4.76. The van der Waals surface area contributed by atoms with Gasteiger partial charge in [-0.3, -0.25) is 24.2 Å². The van der Waals surface area contributed by atoms with Crippen LogP contribution in [0.2, 0.25) is 0 Å². The van der Waals surface area contributed by atoms with E-state index in [2.05, 4.69) is 11.0 Å². The number of piperazine rings is 1. The summed E-state index contributed by atoms with van der Waals surface area (Å²) < 4.78 is 14.7. The van der Waals surface area contributed by atoms with Gasteiger partial charge in [0.25, 0.3) is 0 Å². The SMILES string of the molecule is O=C(O)CCN1CCN(CC=C2CN(C(C(=O)C3CC3)c3ccccc3F)CCC2S)CC1=O. The first kappa shape index (κ1) is 24.9. The third-order valence-electron chi connectivity index (χ3n) is 6.92. The molecule has 2 unspecified atom stereocenters. The Balaban J connectivity index is 1.42. The van der Waals surface area contributed by atoms with Crippen LogP contribution >= 0.6 is 12.6 Å². The smallest absolute Gasteiger partial charge is 0.305 e. The van der Waals surface area contributed by atoms with Gasteiger partial charge in [-0.1, -0.05) is 24.3 Å². The van der Waals surface area contributed by atoms with Crippen LogP contribution < -0.4 is 0 Å². The molecule has 1 saturated carbocycles. The van der Waals surface area contributed by atoms with Gasteiger partial charge in [0, 0.05) is 56.0 Å². The zero-order chi connectivity index (χ0) is 24.2. The molecule has 3 fully saturated rings. The van der Waals surface area contributed by atoms with Crippen molar-refractivity contribution in [2.75, 3.05) is 45.8 Å². The summed E-state index contributed by atoms with van der Waals surface area (Å²) in [5.74, 6) is -1.19. The molecule has 34 heavy (non-hydrogen) atoms. The topological polar surface area (TPSA) is 81.2 Å². The number of nitrogens with zero attached hydrogens (tertiary/aromatic N) is 3. The van der Waals surface area contributed by atoms with Gasteiger partial charge in [-0.25, -0.2) is 4.39 Å². The van der Waals surface area contributed by atoms with Crippen molar-refractivity contribution in [3.8, 4) is 0 Å². The second kappa shape index (κ2) is 11.0. The Hall–Kier alpha value is -2.23. The van der Waals surface area contributed by atoms with Crippen LogP contribution in [0.1, 0.15) is 37.3 Å². The maximum Gasteiger partial charge on any atom is 0.305 e. The van der Waals surface area contributed by atoms with Gasteiger partial charge in [0.2, 0.25) is 5.91 Å². The van der Waals surface area contributed by atoms with Crippen molar-refractivity contribution in [2.24, 2.45) is 5.92 Å². The van der Waals surface area contributed by atoms with Crippen molar-refractivity contribution in [3.05, 3.63) is 47.3 Å². The molecule has 184 valence electrons. The predicted octanol–water partition coefficient (Wildman–Crippen LogP) is 2.40. The lowest BCUT2D eigenvalue weighted by Gasteiger charge is -2.38. The van der Waals surface area contributed by atoms with E-state index in [1.54, 1.807) is 23.1 Å². The maximum absolute atomic E-state index is 14.7. The number of amides is 1. The summed E-state index contributed by atoms with van der Waals surface area (Å²) in [7, 11) is 0. The van der Waals surface area contributed by atoms with E-state index in [0.29, 0.717) is 38.3 Å². The number of rotatable bonds is 9. The number of hydrogen-bond acceptors (Lipinski definition) is 6. The molecule has 1 aromatic rings. The molecule has 2 atom stereocenters. The van der Waals surface area contributed by atoms with Crippen molar-refractivity contribution in [1.29, 1.82) is 0 Å². The molecule has 2 heterocycles. The van der Waals surface area contributed by atoms with Crippen molar-refractivity contribution >= 4 is 30.3 Å². The molecule has 3 aliphatic rings. The highest BCUT2D eigenvalue weighted by atomic mass is 32.1. The molecule has 2 aliphatic heterocycles. The minimum absolute atomic E-state index is 0.0224. The molecule has 7 nitrogen and oxygen atoms in total. The van der Waals surface area contributed by atoms with E-state index < -0.39 is 12.0 Å².